The largest absolute Gasteiger partial charge is 0.354 e. The molecule has 7 nitrogen and oxygen atoms in total. The van der Waals surface area contributed by atoms with Crippen molar-refractivity contribution in [3.8, 4) is 0 Å². The average molecular weight is 564 g/mol. The van der Waals surface area contributed by atoms with E-state index in [1.807, 2.05) is 65.0 Å². The van der Waals surface area contributed by atoms with Crippen LogP contribution in [-0.2, 0) is 26.2 Å². The predicted octanol–water partition coefficient (Wildman–Crippen LogP) is 5.45. The summed E-state index contributed by atoms with van der Waals surface area (Å²) in [4.78, 5) is 28.7. The lowest BCUT2D eigenvalue weighted by Crippen LogP contribution is -2.51. The summed E-state index contributed by atoms with van der Waals surface area (Å²) in [7, 11) is -4.10. The molecule has 0 aromatic heterocycles. The number of hydrogen-bond acceptors (Lipinski definition) is 4. The first-order chi connectivity index (χ1) is 18.9. The number of rotatable bonds is 12. The van der Waals surface area contributed by atoms with Crippen LogP contribution in [0.25, 0.3) is 0 Å². The van der Waals surface area contributed by atoms with Crippen LogP contribution >= 0.6 is 0 Å². The zero-order valence-corrected chi connectivity index (χ0v) is 25.2. The van der Waals surface area contributed by atoms with Crippen molar-refractivity contribution in [2.24, 2.45) is 0 Å². The Balaban J connectivity index is 2.04. The second kappa shape index (κ2) is 13.6. The van der Waals surface area contributed by atoms with Gasteiger partial charge in [-0.3, -0.25) is 13.9 Å². The van der Waals surface area contributed by atoms with Gasteiger partial charge in [0.05, 0.1) is 10.6 Å². The third kappa shape index (κ3) is 7.50. The minimum atomic E-state index is -4.10. The van der Waals surface area contributed by atoms with Crippen molar-refractivity contribution in [2.75, 3.05) is 17.4 Å². The summed E-state index contributed by atoms with van der Waals surface area (Å²) < 4.78 is 29.2. The molecule has 0 aliphatic carbocycles. The highest BCUT2D eigenvalue weighted by molar-refractivity contribution is 7.92. The number of hydrogen-bond donors (Lipinski definition) is 1. The molecule has 0 radical (unpaired) electrons. The van der Waals surface area contributed by atoms with Crippen LogP contribution in [0.2, 0.25) is 0 Å². The molecule has 0 heterocycles. The van der Waals surface area contributed by atoms with Gasteiger partial charge in [-0.25, -0.2) is 8.42 Å². The number of amides is 2. The predicted molar refractivity (Wildman–Crippen MR) is 161 cm³/mol. The minimum absolute atomic E-state index is 0.0993. The second-order valence-corrected chi connectivity index (χ2v) is 12.2. The normalized spacial score (nSPS) is 12.1. The Hall–Kier alpha value is -3.65. The standard InChI is InChI=1S/C32H41N3O4S/c1-7-8-20-33-32(37)27(6)34(21-28-16-12-23(2)13-17-28)31(36)22-35(30-11-9-10-25(4)26(30)5)40(38,39)29-18-14-24(3)15-19-29/h9-19,27H,7-8,20-22H2,1-6H3,(H,33,37). The zero-order chi connectivity index (χ0) is 29.4. The summed E-state index contributed by atoms with van der Waals surface area (Å²) in [5.41, 5.74) is 4.98. The number of nitrogens with one attached hydrogen (secondary N) is 1. The number of nitrogens with zero attached hydrogens (tertiary/aromatic N) is 2. The Labute approximate surface area is 239 Å². The maximum atomic E-state index is 14.0. The Kier molecular flexibility index (Phi) is 10.5. The molecule has 214 valence electrons. The maximum absolute atomic E-state index is 14.0. The van der Waals surface area contributed by atoms with E-state index in [1.165, 1.54) is 9.21 Å². The van der Waals surface area contributed by atoms with Gasteiger partial charge in [-0.05, 0) is 75.9 Å². The molecule has 0 aliphatic heterocycles. The Morgan fingerprint density at radius 1 is 0.875 bits per heavy atom. The monoisotopic (exact) mass is 563 g/mol. The molecule has 8 heteroatoms. The molecule has 0 aliphatic rings. The summed E-state index contributed by atoms with van der Waals surface area (Å²) >= 11 is 0. The summed E-state index contributed by atoms with van der Waals surface area (Å²) in [5, 5.41) is 2.91. The lowest BCUT2D eigenvalue weighted by Gasteiger charge is -2.32. The number of anilines is 1. The third-order valence-electron chi connectivity index (χ3n) is 7.20. The molecule has 0 saturated heterocycles. The van der Waals surface area contributed by atoms with Crippen molar-refractivity contribution in [2.45, 2.75) is 71.9 Å². The van der Waals surface area contributed by atoms with Gasteiger partial charge in [0.25, 0.3) is 10.0 Å². The summed E-state index contributed by atoms with van der Waals surface area (Å²) in [6, 6.07) is 18.9. The van der Waals surface area contributed by atoms with E-state index in [-0.39, 0.29) is 17.3 Å². The topological polar surface area (TPSA) is 86.8 Å². The zero-order valence-electron chi connectivity index (χ0n) is 24.4. The molecule has 2 amide bonds. The number of benzene rings is 3. The summed E-state index contributed by atoms with van der Waals surface area (Å²) in [6.45, 7) is 11.6. The number of carbonyl (C=O) groups is 2. The summed E-state index contributed by atoms with van der Waals surface area (Å²) in [5.74, 6) is -0.733. The highest BCUT2D eigenvalue weighted by Gasteiger charge is 2.33. The molecule has 1 unspecified atom stereocenters. The molecule has 0 spiro atoms. The maximum Gasteiger partial charge on any atom is 0.264 e. The highest BCUT2D eigenvalue weighted by Crippen LogP contribution is 2.29. The van der Waals surface area contributed by atoms with E-state index >= 15 is 0 Å². The van der Waals surface area contributed by atoms with E-state index < -0.39 is 28.5 Å². The van der Waals surface area contributed by atoms with Crippen molar-refractivity contribution < 1.29 is 18.0 Å². The minimum Gasteiger partial charge on any atom is -0.354 e. The van der Waals surface area contributed by atoms with E-state index in [0.29, 0.717) is 12.2 Å². The van der Waals surface area contributed by atoms with Gasteiger partial charge in [-0.2, -0.15) is 0 Å². The van der Waals surface area contributed by atoms with Crippen molar-refractivity contribution in [1.29, 1.82) is 0 Å². The van der Waals surface area contributed by atoms with Gasteiger partial charge in [-0.1, -0.05) is 73.0 Å². The van der Waals surface area contributed by atoms with E-state index in [0.717, 1.165) is 40.7 Å². The number of carbonyl (C=O) groups excluding carboxylic acids is 2. The molecule has 40 heavy (non-hydrogen) atoms. The van der Waals surface area contributed by atoms with E-state index in [4.69, 9.17) is 0 Å². The molecular formula is C32H41N3O4S. The van der Waals surface area contributed by atoms with Crippen LogP contribution in [0.15, 0.2) is 71.6 Å². The van der Waals surface area contributed by atoms with Crippen LogP contribution < -0.4 is 9.62 Å². The molecule has 0 fully saturated rings. The van der Waals surface area contributed by atoms with E-state index in [1.54, 1.807) is 43.3 Å². The molecule has 3 aromatic carbocycles. The fourth-order valence-corrected chi connectivity index (χ4v) is 5.84. The molecule has 1 atom stereocenters. The van der Waals surface area contributed by atoms with Crippen molar-refractivity contribution >= 4 is 27.5 Å². The molecule has 0 bridgehead atoms. The number of aryl methyl sites for hydroxylation is 3. The van der Waals surface area contributed by atoms with E-state index in [2.05, 4.69) is 5.32 Å². The van der Waals surface area contributed by atoms with Gasteiger partial charge in [-0.15, -0.1) is 0 Å². The Morgan fingerprint density at radius 3 is 2.08 bits per heavy atom. The Bertz CT molecular complexity index is 1420. The van der Waals surface area contributed by atoms with Crippen LogP contribution in [0.3, 0.4) is 0 Å². The molecular weight excluding hydrogens is 522 g/mol. The fraction of sp³-hybridized carbons (Fsp3) is 0.375. The van der Waals surface area contributed by atoms with Crippen molar-refractivity contribution in [3.63, 3.8) is 0 Å². The molecule has 3 aromatic rings. The van der Waals surface area contributed by atoms with Crippen LogP contribution in [0, 0.1) is 27.7 Å². The third-order valence-corrected chi connectivity index (χ3v) is 8.98. The van der Waals surface area contributed by atoms with Crippen LogP contribution in [0.5, 0.6) is 0 Å². The highest BCUT2D eigenvalue weighted by atomic mass is 32.2. The van der Waals surface area contributed by atoms with Crippen LogP contribution in [0.4, 0.5) is 5.69 Å². The lowest BCUT2D eigenvalue weighted by atomic mass is 10.1. The van der Waals surface area contributed by atoms with Crippen molar-refractivity contribution in [3.05, 3.63) is 94.5 Å². The van der Waals surface area contributed by atoms with Crippen LogP contribution in [0.1, 0.15) is 54.5 Å². The van der Waals surface area contributed by atoms with Crippen molar-refractivity contribution in [1.82, 2.24) is 10.2 Å². The smallest absolute Gasteiger partial charge is 0.264 e. The summed E-state index contributed by atoms with van der Waals surface area (Å²) in [6.07, 6.45) is 1.77. The first-order valence-electron chi connectivity index (χ1n) is 13.7. The first-order valence-corrected chi connectivity index (χ1v) is 15.2. The fourth-order valence-electron chi connectivity index (χ4n) is 4.37. The average Bonchev–Trinajstić information content (AvgIpc) is 2.93. The van der Waals surface area contributed by atoms with Gasteiger partial charge in [0, 0.05) is 13.1 Å². The first kappa shape index (κ1) is 30.9. The van der Waals surface area contributed by atoms with E-state index in [9.17, 15) is 18.0 Å². The molecule has 1 N–H and O–H groups in total. The van der Waals surface area contributed by atoms with Gasteiger partial charge >= 0.3 is 0 Å². The Morgan fingerprint density at radius 2 is 1.48 bits per heavy atom. The quantitative estimate of drug-likeness (QED) is 0.297. The van der Waals surface area contributed by atoms with Gasteiger partial charge in [0.2, 0.25) is 11.8 Å². The molecule has 0 saturated carbocycles. The van der Waals surface area contributed by atoms with Crippen LogP contribution in [-0.4, -0.2) is 44.3 Å². The second-order valence-electron chi connectivity index (χ2n) is 10.4. The number of sulfonamides is 1. The van der Waals surface area contributed by atoms with Gasteiger partial charge < -0.3 is 10.2 Å². The lowest BCUT2D eigenvalue weighted by molar-refractivity contribution is -0.139. The SMILES string of the molecule is CCCCNC(=O)C(C)N(Cc1ccc(C)cc1)C(=O)CN(c1cccc(C)c1C)S(=O)(=O)c1ccc(C)cc1. The number of unbranched alkanes of at least 4 members (excludes halogenated alkanes) is 1. The molecule has 3 rings (SSSR count). The van der Waals surface area contributed by atoms with Gasteiger partial charge in [0.15, 0.2) is 0 Å². The van der Waals surface area contributed by atoms with Gasteiger partial charge in [0.1, 0.15) is 12.6 Å².